The van der Waals surface area contributed by atoms with E-state index < -0.39 is 0 Å². The normalized spacial score (nSPS) is 13.1. The Labute approximate surface area is 112 Å². The maximum absolute atomic E-state index is 11.6. The monoisotopic (exact) mass is 258 g/mol. The van der Waals surface area contributed by atoms with E-state index in [2.05, 4.69) is 38.3 Å². The van der Waals surface area contributed by atoms with Crippen LogP contribution in [0.4, 0.5) is 0 Å². The molecular weight excluding hydrogens is 228 g/mol. The molecule has 4 nitrogen and oxygen atoms in total. The van der Waals surface area contributed by atoms with Crippen LogP contribution in [0.3, 0.4) is 0 Å². The van der Waals surface area contributed by atoms with Crippen molar-refractivity contribution in [2.24, 2.45) is 5.92 Å². The smallest absolute Gasteiger partial charge is 0.234 e. The number of rotatable bonds is 10. The molecule has 0 bridgehead atoms. The van der Waals surface area contributed by atoms with Crippen molar-refractivity contribution in [1.82, 2.24) is 10.6 Å². The summed E-state index contributed by atoms with van der Waals surface area (Å²) in [5.41, 5.74) is 0. The molecule has 18 heavy (non-hydrogen) atoms. The lowest BCUT2D eigenvalue weighted by atomic mass is 9.97. The second-order valence-electron chi connectivity index (χ2n) is 4.86. The average Bonchev–Trinajstić information content (AvgIpc) is 2.37. The minimum absolute atomic E-state index is 0.0143. The lowest BCUT2D eigenvalue weighted by molar-refractivity contribution is -0.121. The Morgan fingerprint density at radius 3 is 2.06 bits per heavy atom. The predicted molar refractivity (Wildman–Crippen MR) is 75.5 cm³/mol. The third-order valence-corrected chi connectivity index (χ3v) is 3.58. The molecule has 0 aromatic rings. The zero-order chi connectivity index (χ0) is 14.0. The molecule has 0 heterocycles. The highest BCUT2D eigenvalue weighted by Gasteiger charge is 2.15. The van der Waals surface area contributed by atoms with E-state index in [-0.39, 0.29) is 24.6 Å². The summed E-state index contributed by atoms with van der Waals surface area (Å²) in [6.07, 6.45) is 3.50. The van der Waals surface area contributed by atoms with Gasteiger partial charge in [0, 0.05) is 12.6 Å². The van der Waals surface area contributed by atoms with Crippen molar-refractivity contribution in [3.8, 4) is 0 Å². The number of hydrogen-bond acceptors (Lipinski definition) is 3. The molecule has 0 aliphatic rings. The largest absolute Gasteiger partial charge is 0.392 e. The van der Waals surface area contributed by atoms with Crippen LogP contribution in [0.1, 0.15) is 53.4 Å². The number of hydrogen-bond donors (Lipinski definition) is 3. The fourth-order valence-electron chi connectivity index (χ4n) is 2.10. The molecule has 0 aromatic carbocycles. The third-order valence-electron chi connectivity index (χ3n) is 3.58. The van der Waals surface area contributed by atoms with Crippen molar-refractivity contribution in [2.75, 3.05) is 13.1 Å². The summed E-state index contributed by atoms with van der Waals surface area (Å²) in [6, 6.07) is 0.267. The van der Waals surface area contributed by atoms with Crippen molar-refractivity contribution < 1.29 is 9.90 Å². The number of nitrogens with one attached hydrogen (secondary N) is 2. The minimum Gasteiger partial charge on any atom is -0.392 e. The fraction of sp³-hybridized carbons (Fsp3) is 0.929. The van der Waals surface area contributed by atoms with E-state index in [0.717, 1.165) is 25.7 Å². The van der Waals surface area contributed by atoms with Gasteiger partial charge in [-0.2, -0.15) is 0 Å². The maximum Gasteiger partial charge on any atom is 0.234 e. The highest BCUT2D eigenvalue weighted by molar-refractivity contribution is 5.78. The van der Waals surface area contributed by atoms with Crippen LogP contribution >= 0.6 is 0 Å². The van der Waals surface area contributed by atoms with Gasteiger partial charge in [-0.25, -0.2) is 0 Å². The quantitative estimate of drug-likeness (QED) is 0.559. The van der Waals surface area contributed by atoms with Gasteiger partial charge in [0.05, 0.1) is 12.6 Å². The second-order valence-corrected chi connectivity index (χ2v) is 4.86. The van der Waals surface area contributed by atoms with Crippen LogP contribution in [0.2, 0.25) is 0 Å². The summed E-state index contributed by atoms with van der Waals surface area (Å²) in [6.45, 7) is 9.07. The first-order valence-corrected chi connectivity index (χ1v) is 7.26. The predicted octanol–water partition coefficient (Wildman–Crippen LogP) is 1.68. The number of carbonyl (C=O) groups excluding carboxylic acids is 1. The van der Waals surface area contributed by atoms with Crippen LogP contribution < -0.4 is 10.6 Å². The molecule has 0 rings (SSSR count). The Bertz CT molecular complexity index is 214. The molecule has 108 valence electrons. The number of carbonyl (C=O) groups is 1. The van der Waals surface area contributed by atoms with E-state index in [0.29, 0.717) is 12.5 Å². The Kier molecular flexibility index (Phi) is 9.98. The van der Waals surface area contributed by atoms with Crippen molar-refractivity contribution in [2.45, 2.75) is 65.5 Å². The van der Waals surface area contributed by atoms with Crippen LogP contribution in [0.15, 0.2) is 0 Å². The van der Waals surface area contributed by atoms with Crippen molar-refractivity contribution in [1.29, 1.82) is 0 Å². The van der Waals surface area contributed by atoms with Crippen LogP contribution in [0.5, 0.6) is 0 Å². The van der Waals surface area contributed by atoms with Gasteiger partial charge in [0.2, 0.25) is 5.91 Å². The zero-order valence-electron chi connectivity index (χ0n) is 12.3. The molecular formula is C14H30N2O2. The first kappa shape index (κ1) is 17.4. The van der Waals surface area contributed by atoms with E-state index in [9.17, 15) is 9.90 Å². The first-order chi connectivity index (χ1) is 8.58. The van der Waals surface area contributed by atoms with Gasteiger partial charge in [0.1, 0.15) is 0 Å². The third kappa shape index (κ3) is 6.97. The topological polar surface area (TPSA) is 61.4 Å². The van der Waals surface area contributed by atoms with Gasteiger partial charge in [0.15, 0.2) is 0 Å². The van der Waals surface area contributed by atoms with Gasteiger partial charge < -0.3 is 15.7 Å². The van der Waals surface area contributed by atoms with Gasteiger partial charge in [-0.3, -0.25) is 4.79 Å². The standard InChI is InChI=1S/C14H30N2O2/c1-5-11(6-2)13(17)9-15-10-14(18)16-12(7-3)8-4/h11-13,15,17H,5-10H2,1-4H3,(H,16,18). The Morgan fingerprint density at radius 1 is 1.06 bits per heavy atom. The second kappa shape index (κ2) is 10.3. The number of amides is 1. The molecule has 0 saturated carbocycles. The van der Waals surface area contributed by atoms with E-state index >= 15 is 0 Å². The van der Waals surface area contributed by atoms with Crippen molar-refractivity contribution in [3.63, 3.8) is 0 Å². The van der Waals surface area contributed by atoms with Gasteiger partial charge in [-0.1, -0.05) is 40.5 Å². The number of aliphatic hydroxyl groups excluding tert-OH is 1. The lowest BCUT2D eigenvalue weighted by Gasteiger charge is -2.20. The van der Waals surface area contributed by atoms with Gasteiger partial charge in [-0.15, -0.1) is 0 Å². The van der Waals surface area contributed by atoms with E-state index in [1.54, 1.807) is 0 Å². The van der Waals surface area contributed by atoms with Crippen LogP contribution in [-0.4, -0.2) is 36.2 Å². The highest BCUT2D eigenvalue weighted by Crippen LogP contribution is 2.11. The molecule has 0 aliphatic carbocycles. The van der Waals surface area contributed by atoms with Crippen LogP contribution in [-0.2, 0) is 4.79 Å². The molecule has 0 radical (unpaired) electrons. The highest BCUT2D eigenvalue weighted by atomic mass is 16.3. The molecule has 0 spiro atoms. The summed E-state index contributed by atoms with van der Waals surface area (Å²) in [4.78, 5) is 11.6. The summed E-state index contributed by atoms with van der Waals surface area (Å²) in [7, 11) is 0. The van der Waals surface area contributed by atoms with Gasteiger partial charge >= 0.3 is 0 Å². The first-order valence-electron chi connectivity index (χ1n) is 7.26. The Morgan fingerprint density at radius 2 is 1.61 bits per heavy atom. The summed E-state index contributed by atoms with van der Waals surface area (Å²) < 4.78 is 0. The number of aliphatic hydroxyl groups is 1. The van der Waals surface area contributed by atoms with Crippen molar-refractivity contribution >= 4 is 5.91 Å². The maximum atomic E-state index is 11.6. The molecule has 4 heteroatoms. The fourth-order valence-corrected chi connectivity index (χ4v) is 2.10. The van der Waals surface area contributed by atoms with E-state index in [4.69, 9.17) is 0 Å². The molecule has 1 amide bonds. The zero-order valence-corrected chi connectivity index (χ0v) is 12.3. The summed E-state index contributed by atoms with van der Waals surface area (Å²) in [5.74, 6) is 0.333. The molecule has 0 saturated heterocycles. The molecule has 3 N–H and O–H groups in total. The summed E-state index contributed by atoms with van der Waals surface area (Å²) in [5, 5.41) is 15.9. The summed E-state index contributed by atoms with van der Waals surface area (Å²) >= 11 is 0. The molecule has 0 aromatic heterocycles. The Hall–Kier alpha value is -0.610. The Balaban J connectivity index is 3.79. The van der Waals surface area contributed by atoms with E-state index in [1.165, 1.54) is 0 Å². The van der Waals surface area contributed by atoms with Gasteiger partial charge in [0.25, 0.3) is 0 Å². The van der Waals surface area contributed by atoms with Crippen molar-refractivity contribution in [3.05, 3.63) is 0 Å². The van der Waals surface area contributed by atoms with Crippen LogP contribution in [0, 0.1) is 5.92 Å². The molecule has 1 unspecified atom stereocenters. The van der Waals surface area contributed by atoms with Crippen LogP contribution in [0.25, 0.3) is 0 Å². The average molecular weight is 258 g/mol. The SMILES string of the molecule is CCC(CC)NC(=O)CNCC(O)C(CC)CC. The van der Waals surface area contributed by atoms with E-state index in [1.807, 2.05) is 0 Å². The van der Waals surface area contributed by atoms with Gasteiger partial charge in [-0.05, 0) is 18.8 Å². The molecule has 1 atom stereocenters. The molecule has 0 aliphatic heterocycles. The molecule has 0 fully saturated rings. The minimum atomic E-state index is -0.360. The lowest BCUT2D eigenvalue weighted by Crippen LogP contribution is -2.42.